The fourth-order valence-electron chi connectivity index (χ4n) is 8.47. The minimum absolute atomic E-state index is 0.0634. The molecule has 0 radical (unpaired) electrons. The maximum Gasteiger partial charge on any atom is 0.308 e. The van der Waals surface area contributed by atoms with Crippen molar-refractivity contribution in [3.8, 4) is 17.2 Å². The molecule has 0 aliphatic carbocycles. The van der Waals surface area contributed by atoms with E-state index in [4.69, 9.17) is 42.4 Å². The Hall–Kier alpha value is -4.97. The summed E-state index contributed by atoms with van der Waals surface area (Å²) in [5.41, 5.74) is 3.98. The number of halogens is 2. The average Bonchev–Trinajstić information content (AvgIpc) is 3.83. The molecule has 2 saturated heterocycles. The Bertz CT molecular complexity index is 2290. The predicted octanol–water partition coefficient (Wildman–Crippen LogP) is 8.06. The van der Waals surface area contributed by atoms with E-state index in [0.717, 1.165) is 48.3 Å². The van der Waals surface area contributed by atoms with Crippen LogP contribution in [-0.2, 0) is 23.2 Å². The summed E-state index contributed by atoms with van der Waals surface area (Å²) < 4.78 is 18.9. The Labute approximate surface area is 342 Å². The van der Waals surface area contributed by atoms with Crippen LogP contribution in [-0.4, -0.2) is 88.9 Å². The molecule has 4 heterocycles. The molecular formula is C44H47Cl2N5O6. The van der Waals surface area contributed by atoms with Gasteiger partial charge in [0.2, 0.25) is 5.78 Å². The van der Waals surface area contributed by atoms with Gasteiger partial charge in [0.25, 0.3) is 5.91 Å². The summed E-state index contributed by atoms with van der Waals surface area (Å²) in [5, 5.41) is 0.918. The summed E-state index contributed by atoms with van der Waals surface area (Å²) in [7, 11) is 3.03. The molecule has 0 bridgehead atoms. The van der Waals surface area contributed by atoms with Gasteiger partial charge in [0.05, 0.1) is 53.1 Å². The number of carbonyl (C=O) groups excluding carboxylic acids is 3. The highest BCUT2D eigenvalue weighted by Crippen LogP contribution is 2.44. The molecule has 0 spiro atoms. The number of likely N-dealkylation sites (tertiary alicyclic amines) is 2. The number of carbonyl (C=O) groups is 3. The van der Waals surface area contributed by atoms with Crippen molar-refractivity contribution in [1.29, 1.82) is 0 Å². The van der Waals surface area contributed by atoms with Gasteiger partial charge >= 0.3 is 5.97 Å². The number of rotatable bonds is 13. The van der Waals surface area contributed by atoms with Gasteiger partial charge in [-0.3, -0.25) is 19.4 Å². The molecular weight excluding hydrogens is 765 g/mol. The van der Waals surface area contributed by atoms with Gasteiger partial charge in [0.1, 0.15) is 0 Å². The number of hydrogen-bond acceptors (Lipinski definition) is 9. The van der Waals surface area contributed by atoms with E-state index < -0.39 is 11.4 Å². The number of fused-ring (bicyclic) bond motifs is 1. The highest BCUT2D eigenvalue weighted by Gasteiger charge is 2.43. The molecule has 298 valence electrons. The summed E-state index contributed by atoms with van der Waals surface area (Å²) >= 11 is 13.0. The molecule has 3 aromatic carbocycles. The normalized spacial score (nSPS) is 17.5. The van der Waals surface area contributed by atoms with E-state index in [2.05, 4.69) is 9.88 Å². The molecule has 11 nitrogen and oxygen atoms in total. The van der Waals surface area contributed by atoms with E-state index in [9.17, 15) is 14.4 Å². The van der Waals surface area contributed by atoms with E-state index in [1.54, 1.807) is 12.3 Å². The lowest BCUT2D eigenvalue weighted by molar-refractivity contribution is -0.131. The van der Waals surface area contributed by atoms with Crippen LogP contribution >= 0.6 is 23.2 Å². The van der Waals surface area contributed by atoms with Gasteiger partial charge in [-0.05, 0) is 93.7 Å². The van der Waals surface area contributed by atoms with E-state index in [1.807, 2.05) is 77.1 Å². The average molecular weight is 813 g/mol. The highest BCUT2D eigenvalue weighted by atomic mass is 35.5. The monoisotopic (exact) mass is 811 g/mol. The van der Waals surface area contributed by atoms with E-state index >= 15 is 0 Å². The van der Waals surface area contributed by atoms with Gasteiger partial charge in [-0.2, -0.15) is 0 Å². The molecule has 2 aliphatic heterocycles. The Kier molecular flexibility index (Phi) is 12.2. The van der Waals surface area contributed by atoms with Crippen molar-refractivity contribution in [1.82, 2.24) is 24.3 Å². The first-order valence-corrected chi connectivity index (χ1v) is 20.1. The SMILES string of the molecule is CCc1c(OC)c(OC)cc(C(=O)N2CCC(CCN3CCC(C(=O)c4nc5ccccc5n4Cc4ccccn4)CC3)(c3ccc(Cl)c(Cl)c3)C2)c1OC(C)=O. The second-order valence-electron chi connectivity index (χ2n) is 14.9. The number of pyridine rings is 1. The zero-order valence-electron chi connectivity index (χ0n) is 32.7. The summed E-state index contributed by atoms with van der Waals surface area (Å²) in [4.78, 5) is 54.5. The lowest BCUT2D eigenvalue weighted by Gasteiger charge is -2.36. The van der Waals surface area contributed by atoms with Gasteiger partial charge in [-0.1, -0.05) is 54.4 Å². The van der Waals surface area contributed by atoms with Crippen molar-refractivity contribution in [2.24, 2.45) is 5.92 Å². The largest absolute Gasteiger partial charge is 0.493 e. The van der Waals surface area contributed by atoms with Crippen LogP contribution in [0.2, 0.25) is 10.0 Å². The summed E-state index contributed by atoms with van der Waals surface area (Å²) in [6, 6.07) is 21.0. The zero-order valence-corrected chi connectivity index (χ0v) is 34.2. The minimum atomic E-state index is -0.536. The molecule has 1 atom stereocenters. The van der Waals surface area contributed by atoms with Crippen LogP contribution in [0.5, 0.6) is 17.2 Å². The Morgan fingerprint density at radius 2 is 1.68 bits per heavy atom. The first-order valence-electron chi connectivity index (χ1n) is 19.4. The van der Waals surface area contributed by atoms with Gasteiger partial charge in [0.15, 0.2) is 23.1 Å². The summed E-state index contributed by atoms with van der Waals surface area (Å²) in [6.07, 6.45) is 5.08. The van der Waals surface area contributed by atoms with Crippen LogP contribution in [0.15, 0.2) is 72.9 Å². The van der Waals surface area contributed by atoms with Crippen LogP contribution in [0.1, 0.15) is 77.3 Å². The number of nitrogens with zero attached hydrogens (tertiary/aromatic N) is 5. The van der Waals surface area contributed by atoms with Crippen molar-refractivity contribution < 1.29 is 28.6 Å². The Balaban J connectivity index is 1.09. The summed E-state index contributed by atoms with van der Waals surface area (Å²) in [5.74, 6) is 0.585. The molecule has 1 unspecified atom stereocenters. The third-order valence-electron chi connectivity index (χ3n) is 11.5. The van der Waals surface area contributed by atoms with Crippen molar-refractivity contribution in [3.05, 3.63) is 111 Å². The lowest BCUT2D eigenvalue weighted by atomic mass is 9.76. The number of imidazole rings is 1. The summed E-state index contributed by atoms with van der Waals surface area (Å²) in [6.45, 7) is 6.86. The molecule has 7 rings (SSSR count). The number of para-hydroxylation sites is 2. The van der Waals surface area contributed by atoms with Crippen LogP contribution in [0.4, 0.5) is 0 Å². The number of ketones is 1. The number of amides is 1. The Morgan fingerprint density at radius 3 is 2.37 bits per heavy atom. The maximum absolute atomic E-state index is 14.5. The maximum atomic E-state index is 14.5. The third kappa shape index (κ3) is 8.24. The van der Waals surface area contributed by atoms with Gasteiger partial charge in [-0.25, -0.2) is 4.98 Å². The van der Waals surface area contributed by atoms with Crippen LogP contribution < -0.4 is 14.2 Å². The van der Waals surface area contributed by atoms with Crippen molar-refractivity contribution >= 4 is 51.9 Å². The Morgan fingerprint density at radius 1 is 0.912 bits per heavy atom. The number of methoxy groups -OCH3 is 2. The van der Waals surface area contributed by atoms with Crippen LogP contribution in [0.25, 0.3) is 11.0 Å². The van der Waals surface area contributed by atoms with E-state index in [1.165, 1.54) is 21.1 Å². The number of ether oxygens (including phenoxy) is 3. The van der Waals surface area contributed by atoms with Crippen molar-refractivity contribution in [3.63, 3.8) is 0 Å². The first-order chi connectivity index (χ1) is 27.5. The number of aromatic nitrogens is 3. The third-order valence-corrected chi connectivity index (χ3v) is 12.2. The van der Waals surface area contributed by atoms with Crippen molar-refractivity contribution in [2.75, 3.05) is 46.9 Å². The van der Waals surface area contributed by atoms with E-state index in [-0.39, 0.29) is 28.9 Å². The van der Waals surface area contributed by atoms with Gasteiger partial charge in [-0.15, -0.1) is 0 Å². The zero-order chi connectivity index (χ0) is 40.3. The molecule has 0 N–H and O–H groups in total. The highest BCUT2D eigenvalue weighted by molar-refractivity contribution is 6.42. The molecule has 1 amide bonds. The fourth-order valence-corrected chi connectivity index (χ4v) is 8.77. The number of piperidine rings is 1. The predicted molar refractivity (Wildman–Crippen MR) is 220 cm³/mol. The first kappa shape index (κ1) is 40.2. The topological polar surface area (TPSA) is 116 Å². The van der Waals surface area contributed by atoms with Gasteiger partial charge in [0, 0.05) is 49.2 Å². The molecule has 2 aliphatic rings. The minimum Gasteiger partial charge on any atom is -0.493 e. The van der Waals surface area contributed by atoms with Gasteiger partial charge < -0.3 is 28.6 Å². The number of esters is 1. The quantitative estimate of drug-likeness (QED) is 0.0662. The molecule has 2 fully saturated rings. The second-order valence-corrected chi connectivity index (χ2v) is 15.7. The molecule has 57 heavy (non-hydrogen) atoms. The second kappa shape index (κ2) is 17.3. The number of hydrogen-bond donors (Lipinski definition) is 0. The fraction of sp³-hybridized carbons (Fsp3) is 0.386. The van der Waals surface area contributed by atoms with E-state index in [0.29, 0.717) is 78.2 Å². The number of Topliss-reactive ketones (excluding diaryl/α,β-unsaturated/α-hetero) is 1. The molecule has 2 aromatic heterocycles. The molecule has 0 saturated carbocycles. The smallest absolute Gasteiger partial charge is 0.308 e. The van der Waals surface area contributed by atoms with Crippen LogP contribution in [0, 0.1) is 5.92 Å². The van der Waals surface area contributed by atoms with Crippen LogP contribution in [0.3, 0.4) is 0 Å². The lowest BCUT2D eigenvalue weighted by Crippen LogP contribution is -2.41. The van der Waals surface area contributed by atoms with Crippen molar-refractivity contribution in [2.45, 2.75) is 57.9 Å². The molecule has 5 aromatic rings. The number of benzene rings is 3. The molecule has 13 heteroatoms. The standard InChI is InChI=1S/C44H47Cl2N5O6/c1-5-32-40(57-28(2)52)33(25-38(55-3)41(32)56-4)43(54)50-23-18-44(27-50,30-13-14-34(45)35(46)24-30)17-22-49-20-15-29(16-21-49)39(53)42-48-36-11-6-7-12-37(36)51(42)26-31-10-8-9-19-47-31/h6-14,19,24-25,29H,5,15-18,20-23,26-27H2,1-4H3.